The highest BCUT2D eigenvalue weighted by Gasteiger charge is 2.09. The Bertz CT molecular complexity index is 750. The summed E-state index contributed by atoms with van der Waals surface area (Å²) in [4.78, 5) is 23.7. The van der Waals surface area contributed by atoms with Gasteiger partial charge in [0.15, 0.2) is 0 Å². The highest BCUT2D eigenvalue weighted by molar-refractivity contribution is 5.93. The number of ether oxygens (including phenoxy) is 2. The van der Waals surface area contributed by atoms with Crippen molar-refractivity contribution in [3.05, 3.63) is 66.7 Å². The first-order valence-corrected chi connectivity index (χ1v) is 9.42. The molecule has 0 saturated heterocycles. The molecule has 0 unspecified atom stereocenters. The topological polar surface area (TPSA) is 52.6 Å². The van der Waals surface area contributed by atoms with Crippen molar-refractivity contribution in [1.82, 2.24) is 0 Å². The lowest BCUT2D eigenvalue weighted by atomic mass is 10.1. The minimum absolute atomic E-state index is 0.374. The average Bonchev–Trinajstić information content (AvgIpc) is 2.70. The second kappa shape index (κ2) is 11.7. The molecule has 0 amide bonds. The molecule has 0 N–H and O–H groups in total. The lowest BCUT2D eigenvalue weighted by Crippen LogP contribution is -2.08. The molecule has 0 atom stereocenters. The van der Waals surface area contributed by atoms with Crippen molar-refractivity contribution in [1.29, 1.82) is 0 Å². The van der Waals surface area contributed by atoms with Crippen LogP contribution in [0.25, 0.3) is 11.1 Å². The molecule has 0 aliphatic heterocycles. The Morgan fingerprint density at radius 2 is 1.48 bits per heavy atom. The van der Waals surface area contributed by atoms with E-state index in [1.165, 1.54) is 12.8 Å². The fourth-order valence-electron chi connectivity index (χ4n) is 2.62. The van der Waals surface area contributed by atoms with Gasteiger partial charge in [-0.1, -0.05) is 81.1 Å². The zero-order valence-corrected chi connectivity index (χ0v) is 15.7. The molecule has 0 aliphatic carbocycles. The zero-order chi connectivity index (χ0) is 19.3. The Hall–Kier alpha value is -2.88. The first kappa shape index (κ1) is 20.4. The Balaban J connectivity index is 1.84. The minimum Gasteiger partial charge on any atom is -0.463 e. The summed E-state index contributed by atoms with van der Waals surface area (Å²) in [6.07, 6.45) is 7.62. The summed E-state index contributed by atoms with van der Waals surface area (Å²) >= 11 is 0. The van der Waals surface area contributed by atoms with Crippen molar-refractivity contribution in [2.45, 2.75) is 39.0 Å². The molecule has 27 heavy (non-hydrogen) atoms. The second-order valence-electron chi connectivity index (χ2n) is 6.20. The quantitative estimate of drug-likeness (QED) is 0.247. The van der Waals surface area contributed by atoms with Crippen LogP contribution in [0.4, 0.5) is 0 Å². The van der Waals surface area contributed by atoms with E-state index in [9.17, 15) is 9.59 Å². The van der Waals surface area contributed by atoms with E-state index in [2.05, 4.69) is 6.92 Å². The van der Waals surface area contributed by atoms with Gasteiger partial charge in [0.2, 0.25) is 0 Å². The first-order chi connectivity index (χ1) is 13.2. The Kier molecular flexibility index (Phi) is 8.84. The molecule has 142 valence electrons. The average molecular weight is 366 g/mol. The number of benzene rings is 2. The molecule has 0 aromatic heterocycles. The standard InChI is InChI=1S/C23H26O4/c1-2-3-4-5-11-18-26-22(24)16-17-23(25)27-21-15-10-9-14-20(21)19-12-7-6-8-13-19/h6-10,12-17H,2-5,11,18H2,1H3/b17-16+. The predicted molar refractivity (Wildman–Crippen MR) is 106 cm³/mol. The number of para-hydroxylation sites is 1. The monoisotopic (exact) mass is 366 g/mol. The summed E-state index contributed by atoms with van der Waals surface area (Å²) in [6, 6.07) is 16.9. The molecule has 0 spiro atoms. The van der Waals surface area contributed by atoms with Crippen LogP contribution in [0.15, 0.2) is 66.7 Å². The second-order valence-corrected chi connectivity index (χ2v) is 6.20. The van der Waals surface area contributed by atoms with Gasteiger partial charge in [-0.25, -0.2) is 9.59 Å². The predicted octanol–water partition coefficient (Wildman–Crippen LogP) is 5.33. The normalized spacial score (nSPS) is 10.7. The fourth-order valence-corrected chi connectivity index (χ4v) is 2.62. The smallest absolute Gasteiger partial charge is 0.336 e. The molecule has 0 aliphatic rings. The molecule has 4 heteroatoms. The van der Waals surface area contributed by atoms with Crippen LogP contribution >= 0.6 is 0 Å². The van der Waals surface area contributed by atoms with Gasteiger partial charge in [0.25, 0.3) is 0 Å². The van der Waals surface area contributed by atoms with Gasteiger partial charge in [-0.3, -0.25) is 0 Å². The molecule has 0 radical (unpaired) electrons. The van der Waals surface area contributed by atoms with Crippen molar-refractivity contribution in [2.75, 3.05) is 6.61 Å². The molecule has 2 aromatic carbocycles. The van der Waals surface area contributed by atoms with Crippen LogP contribution in [0.3, 0.4) is 0 Å². The SMILES string of the molecule is CCCCCCCOC(=O)/C=C/C(=O)Oc1ccccc1-c1ccccc1. The van der Waals surface area contributed by atoms with Crippen molar-refractivity contribution in [2.24, 2.45) is 0 Å². The van der Waals surface area contributed by atoms with Crippen LogP contribution in [0, 0.1) is 0 Å². The molecular formula is C23H26O4. The van der Waals surface area contributed by atoms with E-state index >= 15 is 0 Å². The van der Waals surface area contributed by atoms with Crippen molar-refractivity contribution in [3.8, 4) is 16.9 Å². The maximum Gasteiger partial charge on any atom is 0.336 e. The molecule has 0 bridgehead atoms. The van der Waals surface area contributed by atoms with Crippen LogP contribution in [-0.4, -0.2) is 18.5 Å². The Labute approximate surface area is 160 Å². The number of rotatable bonds is 10. The van der Waals surface area contributed by atoms with E-state index in [-0.39, 0.29) is 0 Å². The molecule has 0 fully saturated rings. The maximum atomic E-state index is 12.0. The molecule has 2 rings (SSSR count). The molecule has 0 saturated carbocycles. The summed E-state index contributed by atoms with van der Waals surface area (Å²) in [6.45, 7) is 2.53. The first-order valence-electron chi connectivity index (χ1n) is 9.42. The summed E-state index contributed by atoms with van der Waals surface area (Å²) in [5, 5.41) is 0. The molecule has 0 heterocycles. The Morgan fingerprint density at radius 1 is 0.815 bits per heavy atom. The maximum absolute atomic E-state index is 12.0. The number of carbonyl (C=O) groups excluding carboxylic acids is 2. The molecule has 2 aromatic rings. The summed E-state index contributed by atoms with van der Waals surface area (Å²) < 4.78 is 10.5. The van der Waals surface area contributed by atoms with Crippen LogP contribution in [0.1, 0.15) is 39.0 Å². The zero-order valence-electron chi connectivity index (χ0n) is 15.7. The fraction of sp³-hybridized carbons (Fsp3) is 0.304. The van der Waals surface area contributed by atoms with Gasteiger partial charge in [0.1, 0.15) is 5.75 Å². The van der Waals surface area contributed by atoms with Gasteiger partial charge >= 0.3 is 11.9 Å². The van der Waals surface area contributed by atoms with Gasteiger partial charge in [0, 0.05) is 17.7 Å². The number of unbranched alkanes of at least 4 members (excludes halogenated alkanes) is 4. The van der Waals surface area contributed by atoms with Gasteiger partial charge < -0.3 is 9.47 Å². The van der Waals surface area contributed by atoms with Crippen LogP contribution < -0.4 is 4.74 Å². The summed E-state index contributed by atoms with van der Waals surface area (Å²) in [7, 11) is 0. The van der Waals surface area contributed by atoms with E-state index < -0.39 is 11.9 Å². The Morgan fingerprint density at radius 3 is 2.26 bits per heavy atom. The summed E-state index contributed by atoms with van der Waals surface area (Å²) in [5.41, 5.74) is 1.77. The minimum atomic E-state index is -0.613. The van der Waals surface area contributed by atoms with Crippen molar-refractivity contribution >= 4 is 11.9 Å². The van der Waals surface area contributed by atoms with Gasteiger partial charge in [-0.05, 0) is 18.1 Å². The van der Waals surface area contributed by atoms with E-state index in [0.29, 0.717) is 12.4 Å². The van der Waals surface area contributed by atoms with Gasteiger partial charge in [-0.2, -0.15) is 0 Å². The number of carbonyl (C=O) groups is 2. The van der Waals surface area contributed by atoms with Gasteiger partial charge in [0.05, 0.1) is 6.61 Å². The lowest BCUT2D eigenvalue weighted by molar-refractivity contribution is -0.138. The van der Waals surface area contributed by atoms with Crippen molar-refractivity contribution < 1.29 is 19.1 Å². The highest BCUT2D eigenvalue weighted by atomic mass is 16.5. The van der Waals surface area contributed by atoms with E-state index in [1.54, 1.807) is 12.1 Å². The number of esters is 2. The third kappa shape index (κ3) is 7.48. The number of hydrogen-bond acceptors (Lipinski definition) is 4. The summed E-state index contributed by atoms with van der Waals surface area (Å²) in [5.74, 6) is -0.695. The number of hydrogen-bond donors (Lipinski definition) is 0. The van der Waals surface area contributed by atoms with Crippen molar-refractivity contribution in [3.63, 3.8) is 0 Å². The molecular weight excluding hydrogens is 340 g/mol. The van der Waals surface area contributed by atoms with Gasteiger partial charge in [-0.15, -0.1) is 0 Å². The largest absolute Gasteiger partial charge is 0.463 e. The van der Waals surface area contributed by atoms with E-state index in [1.807, 2.05) is 42.5 Å². The lowest BCUT2D eigenvalue weighted by Gasteiger charge is -2.08. The highest BCUT2D eigenvalue weighted by Crippen LogP contribution is 2.29. The third-order valence-corrected chi connectivity index (χ3v) is 4.03. The third-order valence-electron chi connectivity index (χ3n) is 4.03. The molecule has 4 nitrogen and oxygen atoms in total. The van der Waals surface area contributed by atoms with E-state index in [4.69, 9.17) is 9.47 Å². The van der Waals surface area contributed by atoms with Crippen LogP contribution in [0.2, 0.25) is 0 Å². The van der Waals surface area contributed by atoms with Crippen LogP contribution in [-0.2, 0) is 14.3 Å². The van der Waals surface area contributed by atoms with E-state index in [0.717, 1.165) is 42.5 Å². The van der Waals surface area contributed by atoms with Crippen LogP contribution in [0.5, 0.6) is 5.75 Å².